The molecule has 1 aromatic carbocycles. The Labute approximate surface area is 111 Å². The summed E-state index contributed by atoms with van der Waals surface area (Å²) in [5.74, 6) is -1.10. The molecule has 0 bridgehead atoms. The Hall–Kier alpha value is -1.19. The molecule has 0 fully saturated rings. The summed E-state index contributed by atoms with van der Waals surface area (Å²) in [6, 6.07) is 3.56. The smallest absolute Gasteiger partial charge is 0.245 e. The van der Waals surface area contributed by atoms with Crippen molar-refractivity contribution in [1.29, 1.82) is 0 Å². The van der Waals surface area contributed by atoms with Crippen LogP contribution in [0.3, 0.4) is 0 Å². The number of rotatable bonds is 6. The van der Waals surface area contributed by atoms with Crippen molar-refractivity contribution in [3.63, 3.8) is 0 Å². The van der Waals surface area contributed by atoms with Crippen molar-refractivity contribution in [2.45, 2.75) is 11.3 Å². The van der Waals surface area contributed by atoms with Crippen molar-refractivity contribution in [1.82, 2.24) is 4.72 Å². The second-order valence-corrected chi connectivity index (χ2v) is 8.00. The first-order valence-corrected chi connectivity index (χ1v) is 8.89. The highest BCUT2D eigenvalue weighted by Crippen LogP contribution is 2.21. The molecule has 0 saturated heterocycles. The number of hydrogen-bond donors (Lipinski definition) is 2. The molecule has 0 amide bonds. The zero-order valence-electron chi connectivity index (χ0n) is 10.3. The molecule has 0 spiro atoms. The largest absolute Gasteiger partial charge is 0.398 e. The minimum atomic E-state index is -4.08. The maximum atomic E-state index is 13.4. The predicted molar refractivity (Wildman–Crippen MR) is 70.3 cm³/mol. The molecule has 0 atom stereocenters. The van der Waals surface area contributed by atoms with Crippen molar-refractivity contribution >= 4 is 25.5 Å². The van der Waals surface area contributed by atoms with Crippen molar-refractivity contribution < 1.29 is 21.2 Å². The number of sulfone groups is 1. The van der Waals surface area contributed by atoms with E-state index >= 15 is 0 Å². The van der Waals surface area contributed by atoms with Crippen LogP contribution in [0.5, 0.6) is 0 Å². The minimum absolute atomic E-state index is 0.104. The molecule has 0 saturated carbocycles. The lowest BCUT2D eigenvalue weighted by Gasteiger charge is -2.09. The van der Waals surface area contributed by atoms with Crippen LogP contribution in [0, 0.1) is 5.82 Å². The van der Waals surface area contributed by atoms with E-state index in [4.69, 9.17) is 5.73 Å². The lowest BCUT2D eigenvalue weighted by atomic mass is 10.3. The van der Waals surface area contributed by atoms with Crippen LogP contribution in [0.25, 0.3) is 0 Å². The fourth-order valence-corrected chi connectivity index (χ4v) is 3.35. The van der Waals surface area contributed by atoms with E-state index in [9.17, 15) is 21.2 Å². The van der Waals surface area contributed by atoms with Gasteiger partial charge in [-0.1, -0.05) is 6.07 Å². The Morgan fingerprint density at radius 2 is 1.89 bits per heavy atom. The Morgan fingerprint density at radius 1 is 1.26 bits per heavy atom. The first kappa shape index (κ1) is 15.9. The summed E-state index contributed by atoms with van der Waals surface area (Å²) in [5, 5.41) is 0. The number of anilines is 1. The third-order valence-corrected chi connectivity index (χ3v) is 4.83. The van der Waals surface area contributed by atoms with Crippen LogP contribution in [0.15, 0.2) is 23.1 Å². The van der Waals surface area contributed by atoms with Crippen molar-refractivity contribution in [2.24, 2.45) is 0 Å². The van der Waals surface area contributed by atoms with Crippen LogP contribution in [0.4, 0.5) is 10.1 Å². The van der Waals surface area contributed by atoms with Gasteiger partial charge in [-0.05, 0) is 18.6 Å². The quantitative estimate of drug-likeness (QED) is 0.573. The van der Waals surface area contributed by atoms with Gasteiger partial charge in [-0.2, -0.15) is 0 Å². The van der Waals surface area contributed by atoms with Gasteiger partial charge in [0.25, 0.3) is 0 Å². The first-order chi connectivity index (χ1) is 8.63. The third kappa shape index (κ3) is 4.77. The number of nitrogens with one attached hydrogen (secondary N) is 1. The third-order valence-electron chi connectivity index (χ3n) is 2.25. The van der Waals surface area contributed by atoms with Gasteiger partial charge in [0.2, 0.25) is 10.0 Å². The molecular weight excluding hydrogens is 295 g/mol. The van der Waals surface area contributed by atoms with Gasteiger partial charge >= 0.3 is 0 Å². The molecule has 0 aromatic heterocycles. The molecule has 0 aliphatic rings. The fourth-order valence-electron chi connectivity index (χ4n) is 1.42. The lowest BCUT2D eigenvalue weighted by Crippen LogP contribution is -2.27. The monoisotopic (exact) mass is 310 g/mol. The van der Waals surface area contributed by atoms with Crippen LogP contribution in [0.2, 0.25) is 0 Å². The van der Waals surface area contributed by atoms with Crippen molar-refractivity contribution in [2.75, 3.05) is 24.3 Å². The maximum absolute atomic E-state index is 13.4. The minimum Gasteiger partial charge on any atom is -0.398 e. The number of nitrogen functional groups attached to an aromatic ring is 1. The van der Waals surface area contributed by atoms with Crippen LogP contribution in [-0.2, 0) is 19.9 Å². The predicted octanol–water partition coefficient (Wildman–Crippen LogP) is 0.121. The SMILES string of the molecule is CS(=O)(=O)CCCNS(=O)(=O)c1c(N)cccc1F. The summed E-state index contributed by atoms with van der Waals surface area (Å²) in [7, 11) is -7.24. The summed E-state index contributed by atoms with van der Waals surface area (Å²) in [5.41, 5.74) is 5.23. The number of benzene rings is 1. The molecule has 6 nitrogen and oxygen atoms in total. The van der Waals surface area contributed by atoms with Gasteiger partial charge in [0.15, 0.2) is 0 Å². The van der Waals surface area contributed by atoms with Gasteiger partial charge in [-0.3, -0.25) is 0 Å². The van der Waals surface area contributed by atoms with Gasteiger partial charge in [0.1, 0.15) is 20.5 Å². The molecule has 1 rings (SSSR count). The number of halogens is 1. The number of hydrogen-bond acceptors (Lipinski definition) is 5. The van der Waals surface area contributed by atoms with Crippen LogP contribution < -0.4 is 10.5 Å². The van der Waals surface area contributed by atoms with E-state index in [1.165, 1.54) is 12.1 Å². The summed E-state index contributed by atoms with van der Waals surface area (Å²) < 4.78 is 61.0. The van der Waals surface area contributed by atoms with Crippen LogP contribution >= 0.6 is 0 Å². The molecule has 108 valence electrons. The zero-order chi connectivity index (χ0) is 14.7. The summed E-state index contributed by atoms with van der Waals surface area (Å²) in [6.45, 7) is -0.108. The first-order valence-electron chi connectivity index (χ1n) is 5.35. The Morgan fingerprint density at radius 3 is 2.42 bits per heavy atom. The molecule has 0 radical (unpaired) electrons. The Balaban J connectivity index is 2.77. The number of nitrogens with two attached hydrogens (primary N) is 1. The van der Waals surface area contributed by atoms with Crippen molar-refractivity contribution in [3.8, 4) is 0 Å². The van der Waals surface area contributed by atoms with E-state index in [1.54, 1.807) is 0 Å². The van der Waals surface area contributed by atoms with Gasteiger partial charge in [-0.15, -0.1) is 0 Å². The molecule has 3 N–H and O–H groups in total. The van der Waals surface area contributed by atoms with Crippen LogP contribution in [-0.4, -0.2) is 35.4 Å². The molecule has 0 heterocycles. The molecule has 19 heavy (non-hydrogen) atoms. The average Bonchev–Trinajstić information content (AvgIpc) is 2.22. The summed E-state index contributed by atoms with van der Waals surface area (Å²) in [6.07, 6.45) is 1.16. The molecule has 9 heteroatoms. The second-order valence-electron chi connectivity index (χ2n) is 4.04. The van der Waals surface area contributed by atoms with Gasteiger partial charge < -0.3 is 5.73 Å². The molecule has 0 unspecified atom stereocenters. The normalized spacial score (nSPS) is 12.5. The standard InChI is InChI=1S/C10H15FN2O4S2/c1-18(14,15)7-3-6-13-19(16,17)10-8(11)4-2-5-9(10)12/h2,4-5,13H,3,6-7,12H2,1H3. The number of sulfonamides is 1. The Bertz CT molecular complexity index is 636. The lowest BCUT2D eigenvalue weighted by molar-refractivity contribution is 0.556. The van der Waals surface area contributed by atoms with Gasteiger partial charge in [0.05, 0.1) is 11.4 Å². The summed E-state index contributed by atoms with van der Waals surface area (Å²) >= 11 is 0. The highest BCUT2D eigenvalue weighted by atomic mass is 32.2. The Kier molecular flexibility index (Phi) is 4.88. The zero-order valence-corrected chi connectivity index (χ0v) is 11.9. The van der Waals surface area contributed by atoms with E-state index in [0.717, 1.165) is 12.3 Å². The van der Waals surface area contributed by atoms with Crippen LogP contribution in [0.1, 0.15) is 6.42 Å². The average molecular weight is 310 g/mol. The molecule has 0 aliphatic heterocycles. The fraction of sp³-hybridized carbons (Fsp3) is 0.400. The van der Waals surface area contributed by atoms with Crippen molar-refractivity contribution in [3.05, 3.63) is 24.0 Å². The highest BCUT2D eigenvalue weighted by Gasteiger charge is 2.21. The molecular formula is C10H15FN2O4S2. The topological polar surface area (TPSA) is 106 Å². The van der Waals surface area contributed by atoms with E-state index < -0.39 is 30.6 Å². The summed E-state index contributed by atoms with van der Waals surface area (Å²) in [4.78, 5) is -0.616. The second kappa shape index (κ2) is 5.85. The molecule has 1 aromatic rings. The molecule has 0 aliphatic carbocycles. The van der Waals surface area contributed by atoms with E-state index in [2.05, 4.69) is 4.72 Å². The highest BCUT2D eigenvalue weighted by molar-refractivity contribution is 7.90. The van der Waals surface area contributed by atoms with Gasteiger partial charge in [-0.25, -0.2) is 25.9 Å². The van der Waals surface area contributed by atoms with E-state index in [-0.39, 0.29) is 24.4 Å². The van der Waals surface area contributed by atoms with E-state index in [0.29, 0.717) is 0 Å². The van der Waals surface area contributed by atoms with E-state index in [1.807, 2.05) is 0 Å². The maximum Gasteiger partial charge on any atom is 0.245 e. The van der Waals surface area contributed by atoms with Gasteiger partial charge in [0, 0.05) is 12.8 Å².